The first kappa shape index (κ1) is 24.6. The van der Waals surface area contributed by atoms with E-state index in [4.69, 9.17) is 0 Å². The molecule has 4 fully saturated rings. The number of likely N-dealkylation sites (tertiary alicyclic amines) is 1. The fourth-order valence-electron chi connectivity index (χ4n) is 6.40. The Hall–Kier alpha value is -3.72. The number of piperazine rings is 1. The first-order valence-electron chi connectivity index (χ1n) is 13.5. The van der Waals surface area contributed by atoms with Crippen LogP contribution in [0.5, 0.6) is 0 Å². The number of fused-ring (bicyclic) bond motifs is 1. The van der Waals surface area contributed by atoms with Gasteiger partial charge in [-0.25, -0.2) is 4.79 Å². The van der Waals surface area contributed by atoms with Crippen LogP contribution in [0.1, 0.15) is 42.7 Å². The van der Waals surface area contributed by atoms with Gasteiger partial charge in [-0.1, -0.05) is 60.7 Å². The summed E-state index contributed by atoms with van der Waals surface area (Å²) in [5.74, 6) is -0.382. The minimum atomic E-state index is -0.772. The topological polar surface area (TPSA) is 102 Å². The summed E-state index contributed by atoms with van der Waals surface area (Å²) >= 11 is 0. The maximum absolute atomic E-state index is 13.7. The van der Waals surface area contributed by atoms with Crippen LogP contribution in [0.4, 0.5) is 4.79 Å². The van der Waals surface area contributed by atoms with E-state index in [9.17, 15) is 19.2 Å². The van der Waals surface area contributed by atoms with Gasteiger partial charge in [-0.15, -0.1) is 0 Å². The lowest BCUT2D eigenvalue weighted by Gasteiger charge is -2.41. The predicted octanol–water partition coefficient (Wildman–Crippen LogP) is 1.67. The van der Waals surface area contributed by atoms with Crippen molar-refractivity contribution in [3.63, 3.8) is 0 Å². The molecule has 9 heteroatoms. The number of hydrogen-bond acceptors (Lipinski definition) is 5. The highest BCUT2D eigenvalue weighted by atomic mass is 16.2. The molecule has 38 heavy (non-hydrogen) atoms. The number of nitrogens with zero attached hydrogens (tertiary/aromatic N) is 3. The van der Waals surface area contributed by atoms with E-state index in [1.807, 2.05) is 65.6 Å². The van der Waals surface area contributed by atoms with Crippen molar-refractivity contribution < 1.29 is 19.2 Å². The van der Waals surface area contributed by atoms with Crippen molar-refractivity contribution in [1.29, 1.82) is 0 Å². The Labute approximate surface area is 222 Å². The van der Waals surface area contributed by atoms with Crippen molar-refractivity contribution in [3.8, 4) is 0 Å². The van der Waals surface area contributed by atoms with Gasteiger partial charge in [0.2, 0.25) is 11.8 Å². The van der Waals surface area contributed by atoms with Crippen LogP contribution in [0.25, 0.3) is 0 Å². The lowest BCUT2D eigenvalue weighted by molar-refractivity contribution is -0.131. The molecule has 3 aliphatic heterocycles. The minimum absolute atomic E-state index is 0.0187. The maximum Gasteiger partial charge on any atom is 0.328 e. The number of carbonyl (C=O) groups is 4. The highest BCUT2D eigenvalue weighted by molar-refractivity contribution is 6.07. The van der Waals surface area contributed by atoms with Crippen LogP contribution < -0.4 is 10.6 Å². The minimum Gasteiger partial charge on any atom is -0.351 e. The van der Waals surface area contributed by atoms with E-state index in [2.05, 4.69) is 10.6 Å². The van der Waals surface area contributed by atoms with Crippen LogP contribution in [0.3, 0.4) is 0 Å². The molecule has 1 aliphatic carbocycles. The van der Waals surface area contributed by atoms with E-state index in [0.717, 1.165) is 17.5 Å². The fourth-order valence-corrected chi connectivity index (χ4v) is 6.40. The number of piperidine rings is 1. The quantitative estimate of drug-likeness (QED) is 0.590. The third-order valence-corrected chi connectivity index (χ3v) is 8.53. The van der Waals surface area contributed by atoms with Crippen LogP contribution in [-0.4, -0.2) is 88.8 Å². The lowest BCUT2D eigenvalue weighted by Crippen LogP contribution is -2.64. The summed E-state index contributed by atoms with van der Waals surface area (Å²) in [5.41, 5.74) is 2.18. The smallest absolute Gasteiger partial charge is 0.328 e. The molecule has 1 saturated carbocycles. The molecule has 198 valence electrons. The summed E-state index contributed by atoms with van der Waals surface area (Å²) in [7, 11) is 0. The Morgan fingerprint density at radius 2 is 1.58 bits per heavy atom. The number of nitrogens with one attached hydrogen (secondary N) is 2. The molecule has 6 rings (SSSR count). The number of benzene rings is 2. The van der Waals surface area contributed by atoms with Crippen molar-refractivity contribution in [2.24, 2.45) is 0 Å². The van der Waals surface area contributed by atoms with Gasteiger partial charge < -0.3 is 15.5 Å². The van der Waals surface area contributed by atoms with Crippen LogP contribution in [0.15, 0.2) is 60.7 Å². The second-order valence-electron chi connectivity index (χ2n) is 10.8. The van der Waals surface area contributed by atoms with Crippen molar-refractivity contribution in [3.05, 3.63) is 71.8 Å². The Morgan fingerprint density at radius 1 is 0.921 bits per heavy atom. The van der Waals surface area contributed by atoms with E-state index in [-0.39, 0.29) is 47.7 Å². The van der Waals surface area contributed by atoms with Gasteiger partial charge in [0.25, 0.3) is 5.91 Å². The zero-order valence-electron chi connectivity index (χ0n) is 21.5. The van der Waals surface area contributed by atoms with Crippen LogP contribution in [0, 0.1) is 0 Å². The Morgan fingerprint density at radius 3 is 2.24 bits per heavy atom. The summed E-state index contributed by atoms with van der Waals surface area (Å²) in [6, 6.07) is 17.7. The number of amides is 5. The van der Waals surface area contributed by atoms with Crippen LogP contribution >= 0.6 is 0 Å². The van der Waals surface area contributed by atoms with Gasteiger partial charge in [0.1, 0.15) is 12.1 Å². The molecule has 0 bridgehead atoms. The molecule has 6 atom stereocenters. The first-order valence-corrected chi connectivity index (χ1v) is 13.5. The highest BCUT2D eigenvalue weighted by Crippen LogP contribution is 2.47. The Kier molecular flexibility index (Phi) is 6.39. The van der Waals surface area contributed by atoms with E-state index >= 15 is 0 Å². The van der Waals surface area contributed by atoms with Gasteiger partial charge in [-0.05, 0) is 24.0 Å². The average Bonchev–Trinajstić information content (AvgIpc) is 3.69. The van der Waals surface area contributed by atoms with Gasteiger partial charge in [-0.2, -0.15) is 0 Å². The standard InChI is InChI=1S/C29H33N5O4/c1-18(35)32-13-12-23(22(17-32)20-10-6-3-7-11-20)31-27(36)25-15-30-16-26-28(37)34(29(38)33(25)26)24-14-21(24)19-8-4-2-5-9-19/h2-11,21-26,30H,12-17H2,1H3,(H,31,36)/t21-,22?,23?,24+,25+,26+/m1/s1. The molecule has 2 aromatic rings. The molecule has 0 radical (unpaired) electrons. The number of rotatable bonds is 5. The van der Waals surface area contributed by atoms with E-state index in [1.54, 1.807) is 6.92 Å². The summed E-state index contributed by atoms with van der Waals surface area (Å²) < 4.78 is 0. The molecule has 0 aromatic heterocycles. The summed E-state index contributed by atoms with van der Waals surface area (Å²) in [6.45, 7) is 3.29. The third-order valence-electron chi connectivity index (χ3n) is 8.53. The molecule has 0 spiro atoms. The Balaban J connectivity index is 1.19. The van der Waals surface area contributed by atoms with E-state index in [0.29, 0.717) is 32.6 Å². The normalized spacial score (nSPS) is 30.7. The number of hydrogen-bond donors (Lipinski definition) is 2. The molecule has 2 aromatic carbocycles. The highest BCUT2D eigenvalue weighted by Gasteiger charge is 2.58. The van der Waals surface area contributed by atoms with E-state index in [1.165, 1.54) is 9.80 Å². The molecule has 9 nitrogen and oxygen atoms in total. The zero-order valence-corrected chi connectivity index (χ0v) is 21.5. The second-order valence-corrected chi connectivity index (χ2v) is 10.8. The SMILES string of the molecule is CC(=O)N1CCC(NC(=O)[C@@H]2CNC[C@H]3C(=O)N([C@H]4C[C@@H]4c4ccccc4)C(=O)N23)C(c2ccccc2)C1. The lowest BCUT2D eigenvalue weighted by atomic mass is 9.85. The van der Waals surface area contributed by atoms with Crippen LogP contribution in [0.2, 0.25) is 0 Å². The number of urea groups is 1. The number of carbonyl (C=O) groups excluding carboxylic acids is 4. The maximum atomic E-state index is 13.7. The zero-order chi connectivity index (χ0) is 26.4. The third kappa shape index (κ3) is 4.34. The monoisotopic (exact) mass is 515 g/mol. The molecule has 2 N–H and O–H groups in total. The molecule has 3 heterocycles. The predicted molar refractivity (Wildman–Crippen MR) is 140 cm³/mol. The van der Waals surface area contributed by atoms with Gasteiger partial charge in [0, 0.05) is 57.0 Å². The van der Waals surface area contributed by atoms with Gasteiger partial charge >= 0.3 is 6.03 Å². The van der Waals surface area contributed by atoms with Gasteiger partial charge in [0.05, 0.1) is 0 Å². The Bertz CT molecular complexity index is 1240. The molecule has 2 unspecified atom stereocenters. The average molecular weight is 516 g/mol. The van der Waals surface area contributed by atoms with Crippen molar-refractivity contribution in [2.45, 2.75) is 55.8 Å². The molecule has 4 aliphatic rings. The first-order chi connectivity index (χ1) is 18.4. The van der Waals surface area contributed by atoms with Gasteiger partial charge in [-0.3, -0.25) is 24.2 Å². The van der Waals surface area contributed by atoms with Crippen molar-refractivity contribution in [1.82, 2.24) is 25.3 Å². The number of imide groups is 1. The molecular formula is C29H33N5O4. The van der Waals surface area contributed by atoms with Crippen molar-refractivity contribution >= 4 is 23.8 Å². The van der Waals surface area contributed by atoms with Crippen LogP contribution in [-0.2, 0) is 14.4 Å². The molecule has 3 saturated heterocycles. The summed E-state index contributed by atoms with van der Waals surface area (Å²) in [4.78, 5) is 57.4. The second kappa shape index (κ2) is 9.87. The molecule has 5 amide bonds. The summed E-state index contributed by atoms with van der Waals surface area (Å²) in [5, 5.41) is 6.41. The summed E-state index contributed by atoms with van der Waals surface area (Å²) in [6.07, 6.45) is 1.37. The molecular weight excluding hydrogens is 482 g/mol. The van der Waals surface area contributed by atoms with Crippen molar-refractivity contribution in [2.75, 3.05) is 26.2 Å². The fraction of sp³-hybridized carbons (Fsp3) is 0.448. The van der Waals surface area contributed by atoms with E-state index < -0.39 is 12.1 Å². The van der Waals surface area contributed by atoms with Gasteiger partial charge in [0.15, 0.2) is 0 Å². The largest absolute Gasteiger partial charge is 0.351 e.